The summed E-state index contributed by atoms with van der Waals surface area (Å²) in [6.07, 6.45) is 0. The number of hydrogen-bond acceptors (Lipinski definition) is 4. The Morgan fingerprint density at radius 1 is 0.244 bits per heavy atom. The van der Waals surface area contributed by atoms with Crippen LogP contribution in [-0.4, -0.2) is 9.13 Å². The van der Waals surface area contributed by atoms with Gasteiger partial charge in [0.2, 0.25) is 0 Å². The molecule has 0 bridgehead atoms. The maximum atomic E-state index is 6.35. The Morgan fingerprint density at radius 3 is 1.21 bits per heavy atom. The number of hydrogen-bond donors (Lipinski definition) is 1. The van der Waals surface area contributed by atoms with Crippen molar-refractivity contribution in [2.75, 3.05) is 10.2 Å². The van der Waals surface area contributed by atoms with Gasteiger partial charge in [-0.05, 0) is 251 Å². The summed E-state index contributed by atoms with van der Waals surface area (Å²) in [5.41, 5.74) is 36.4. The van der Waals surface area contributed by atoms with Crippen LogP contribution in [0, 0.1) is 0 Å². The van der Waals surface area contributed by atoms with Gasteiger partial charge in [-0.1, -0.05) is 338 Å². The molecule has 0 amide bonds. The topological polar surface area (TPSA) is 51.4 Å². The first-order chi connectivity index (χ1) is 63.3. The molecule has 0 saturated carbocycles. The number of para-hydroxylation sites is 5. The average Bonchev–Trinajstić information content (AvgIpc) is 1.60. The maximum absolute atomic E-state index is 6.35. The number of fused-ring (bicyclic) bond motifs is 20. The van der Waals surface area contributed by atoms with Crippen LogP contribution in [0.3, 0.4) is 0 Å². The van der Waals surface area contributed by atoms with Crippen molar-refractivity contribution in [3.63, 3.8) is 0 Å². The van der Waals surface area contributed by atoms with Gasteiger partial charge in [0, 0.05) is 110 Å². The molecule has 0 radical (unpaired) electrons. The van der Waals surface area contributed by atoms with Crippen LogP contribution in [0.2, 0.25) is 0 Å². The van der Waals surface area contributed by atoms with Crippen molar-refractivity contribution in [3.05, 3.63) is 464 Å². The van der Waals surface area contributed by atoms with E-state index in [4.69, 9.17) is 8.83 Å². The second kappa shape index (κ2) is 32.5. The zero-order chi connectivity index (χ0) is 86.2. The van der Waals surface area contributed by atoms with Crippen molar-refractivity contribution in [3.8, 4) is 78.1 Å². The van der Waals surface area contributed by atoms with Gasteiger partial charge >= 0.3 is 0 Å². The summed E-state index contributed by atoms with van der Waals surface area (Å²) < 4.78 is 18.4. The lowest BCUT2D eigenvalue weighted by Crippen LogP contribution is -2.15. The Bertz CT molecular complexity index is 8670. The van der Waals surface area contributed by atoms with Gasteiger partial charge in [-0.3, -0.25) is 0 Å². The van der Waals surface area contributed by atoms with Crippen LogP contribution in [0.5, 0.6) is 0 Å². The predicted molar refractivity (Wildman–Crippen MR) is 560 cm³/mol. The fraction of sp³-hybridized carbons (Fsp3) is 0.0645. The third kappa shape index (κ3) is 13.8. The highest BCUT2D eigenvalue weighted by Crippen LogP contribution is 2.54. The minimum Gasteiger partial charge on any atom is -0.456 e. The van der Waals surface area contributed by atoms with E-state index in [0.717, 1.165) is 105 Å². The summed E-state index contributed by atoms with van der Waals surface area (Å²) in [6.45, 7) is 9.32. The Balaban J connectivity index is 0.000000127. The van der Waals surface area contributed by atoms with Crippen molar-refractivity contribution in [1.29, 1.82) is 0 Å². The molecule has 26 rings (SSSR count). The Hall–Kier alpha value is -15.8. The van der Waals surface area contributed by atoms with Crippen LogP contribution in [-0.2, 0) is 10.8 Å². The van der Waals surface area contributed by atoms with Crippen molar-refractivity contribution in [2.24, 2.45) is 0 Å². The molecule has 4 heterocycles. The molecule has 0 unspecified atom stereocenters. The molecule has 0 saturated heterocycles. The number of anilines is 5. The minimum atomic E-state index is -0.0712. The molecule has 7 heteroatoms. The molecule has 6 nitrogen and oxygen atoms in total. The van der Waals surface area contributed by atoms with E-state index in [1.165, 1.54) is 138 Å². The lowest BCUT2D eigenvalue weighted by atomic mass is 9.82. The van der Waals surface area contributed by atoms with E-state index in [2.05, 4.69) is 469 Å². The first-order valence-corrected chi connectivity index (χ1v) is 45.1. The van der Waals surface area contributed by atoms with Gasteiger partial charge in [-0.25, -0.2) is 0 Å². The number of benzene rings is 20. The monoisotopic (exact) mass is 1750 g/mol. The molecule has 2 aliphatic carbocycles. The third-order valence-electron chi connectivity index (χ3n) is 27.1. The smallest absolute Gasteiger partial charge is 0.137 e. The molecular weight excluding hydrogens is 1660 g/mol. The number of nitrogens with zero attached hydrogens (tertiary/aromatic N) is 3. The second-order valence-electron chi connectivity index (χ2n) is 35.3. The lowest BCUT2D eigenvalue weighted by Gasteiger charge is -2.29. The van der Waals surface area contributed by atoms with Crippen molar-refractivity contribution < 1.29 is 8.83 Å². The molecule has 0 spiro atoms. The number of furan rings is 2. The standard InChI is InChI=1S/C61H42N2O.C36H22BrNO.C25H21N.2CH4/c1-61(2)54-22-9-5-19-48(54)52-37-45(30-32-55(52)61)62(44-28-26-39-14-3-4-15-41(39)35-44)56-23-10-6-18-47(56)43-17-13-16-40(34-43)42-27-33-58-53(36-42)49-20-7-11-24-57(49)63(58)46-29-31-51-50-21-8-12-25-59(50)64-60(51)38-46;37-32-13-4-1-10-27(32)25-9-7-8-23(20-25)24-16-19-34-31(21-24)28-11-2-5-14-33(28)38(34)26-17-18-30-29-12-3-6-15-35(29)39-36(30)22-26;1-25(2)23-10-6-5-9-21(23)22-16-20(13-14-24(22)25)26-19-12-11-17-7-3-4-8-18(17)15-19;;/h3-38H,1-2H3;1-22H;3-16,26H,1-2H3;2*1H4. The fourth-order valence-corrected chi connectivity index (χ4v) is 21.2. The van der Waals surface area contributed by atoms with Gasteiger partial charge in [0.25, 0.3) is 0 Å². The van der Waals surface area contributed by atoms with Gasteiger partial charge in [-0.15, -0.1) is 0 Å². The van der Waals surface area contributed by atoms with E-state index in [0.29, 0.717) is 0 Å². The Morgan fingerprint density at radius 2 is 0.634 bits per heavy atom. The number of halogens is 1. The summed E-state index contributed by atoms with van der Waals surface area (Å²) in [5, 5.41) is 18.0. The number of nitrogens with one attached hydrogen (secondary N) is 1. The SMILES string of the molecule is Brc1ccccc1-c1cccc(-c2ccc3c(c2)c2ccccc2n3-c2ccc3c(c2)oc2ccccc23)c1.C.C.CC1(C)c2ccccc2-c2cc(N(c3ccc4ccccc4c3)c3ccccc3-c3cccc(-c4ccc5c(c4)c4ccccc4n5-c4ccc5c(c4)oc4ccccc45)c3)ccc21.CC1(C)c2ccccc2-c2cc(Nc3ccc4ccccc4c3)ccc21. The third-order valence-corrected chi connectivity index (χ3v) is 27.7. The van der Waals surface area contributed by atoms with Crippen LogP contribution in [0.1, 0.15) is 64.8 Å². The molecule has 2 aliphatic rings. The lowest BCUT2D eigenvalue weighted by molar-refractivity contribution is 0.660. The molecule has 24 aromatic rings. The highest BCUT2D eigenvalue weighted by Gasteiger charge is 2.37. The molecule has 1 N–H and O–H groups in total. The van der Waals surface area contributed by atoms with Gasteiger partial charge in [0.1, 0.15) is 22.3 Å². The average molecular weight is 1750 g/mol. The van der Waals surface area contributed by atoms with Crippen LogP contribution < -0.4 is 10.2 Å². The van der Waals surface area contributed by atoms with Gasteiger partial charge in [0.15, 0.2) is 0 Å². The zero-order valence-electron chi connectivity index (χ0n) is 71.6. The molecule has 4 aromatic heterocycles. The molecule has 0 aliphatic heterocycles. The molecule has 0 atom stereocenters. The van der Waals surface area contributed by atoms with Crippen LogP contribution in [0.25, 0.3) is 187 Å². The maximum Gasteiger partial charge on any atom is 0.137 e. The van der Waals surface area contributed by atoms with E-state index in [1.807, 2.05) is 30.3 Å². The second-order valence-corrected chi connectivity index (χ2v) is 36.1. The molecule has 628 valence electrons. The number of aromatic nitrogens is 2. The molecule has 131 heavy (non-hydrogen) atoms. The summed E-state index contributed by atoms with van der Waals surface area (Å²) >= 11 is 3.71. The van der Waals surface area contributed by atoms with Crippen LogP contribution in [0.15, 0.2) is 450 Å². The number of rotatable bonds is 11. The summed E-state index contributed by atoms with van der Waals surface area (Å²) in [5.74, 6) is 0. The first-order valence-electron chi connectivity index (χ1n) is 44.3. The van der Waals surface area contributed by atoms with Crippen molar-refractivity contribution in [1.82, 2.24) is 9.13 Å². The highest BCUT2D eigenvalue weighted by molar-refractivity contribution is 9.10. The largest absolute Gasteiger partial charge is 0.456 e. The Labute approximate surface area is 771 Å². The van der Waals surface area contributed by atoms with Gasteiger partial charge in [-0.2, -0.15) is 0 Å². The van der Waals surface area contributed by atoms with Crippen LogP contribution >= 0.6 is 15.9 Å². The van der Waals surface area contributed by atoms with E-state index >= 15 is 0 Å². The quantitative estimate of drug-likeness (QED) is 0.140. The molecule has 20 aromatic carbocycles. The summed E-state index contributed by atoms with van der Waals surface area (Å²) in [6, 6.07) is 158. The van der Waals surface area contributed by atoms with E-state index in [-0.39, 0.29) is 25.7 Å². The summed E-state index contributed by atoms with van der Waals surface area (Å²) in [4.78, 5) is 2.45. The normalized spacial score (nSPS) is 12.6. The van der Waals surface area contributed by atoms with Gasteiger partial charge < -0.3 is 28.2 Å². The Kier molecular flexibility index (Phi) is 20.1. The highest BCUT2D eigenvalue weighted by atomic mass is 79.9. The first kappa shape index (κ1) is 81.0. The van der Waals surface area contributed by atoms with E-state index in [1.54, 1.807) is 0 Å². The van der Waals surface area contributed by atoms with Crippen molar-refractivity contribution in [2.45, 2.75) is 53.4 Å². The predicted octanol–water partition coefficient (Wildman–Crippen LogP) is 35.9. The van der Waals surface area contributed by atoms with E-state index in [9.17, 15) is 0 Å². The fourth-order valence-electron chi connectivity index (χ4n) is 20.7. The van der Waals surface area contributed by atoms with Gasteiger partial charge in [0.05, 0.1) is 27.8 Å². The molecular formula is C124H93BrN4O2. The minimum absolute atomic E-state index is 0. The zero-order valence-corrected chi connectivity index (χ0v) is 73.2. The van der Waals surface area contributed by atoms with Crippen LogP contribution in [0.4, 0.5) is 28.4 Å². The van der Waals surface area contributed by atoms with Crippen molar-refractivity contribution >= 4 is 153 Å². The summed E-state index contributed by atoms with van der Waals surface area (Å²) in [7, 11) is 0. The van der Waals surface area contributed by atoms with E-state index < -0.39 is 0 Å². The molecule has 0 fully saturated rings.